The summed E-state index contributed by atoms with van der Waals surface area (Å²) in [6.07, 6.45) is -5.08. The van der Waals surface area contributed by atoms with Crippen LogP contribution >= 0.6 is 0 Å². The van der Waals surface area contributed by atoms with Crippen LogP contribution in [0.15, 0.2) is 30.3 Å². The topological polar surface area (TPSA) is 88.1 Å². The molecule has 1 aromatic rings. The van der Waals surface area contributed by atoms with Crippen LogP contribution in [0.25, 0.3) is 0 Å². The third kappa shape index (κ3) is 7.75. The van der Waals surface area contributed by atoms with E-state index in [9.17, 15) is 18.0 Å². The zero-order valence-electron chi connectivity index (χ0n) is 18.4. The molecule has 0 bridgehead atoms. The number of nitrogens with one attached hydrogen (secondary N) is 1. The van der Waals surface area contributed by atoms with Crippen LogP contribution in [0.1, 0.15) is 19.4 Å². The number of likely N-dealkylation sites (tertiary alicyclic amines) is 1. The average molecular weight is 460 g/mol. The van der Waals surface area contributed by atoms with Crippen molar-refractivity contribution in [1.82, 2.24) is 10.2 Å². The molecule has 2 N–H and O–H groups in total. The van der Waals surface area contributed by atoms with Gasteiger partial charge in [0.25, 0.3) is 0 Å². The molecule has 0 spiro atoms. The summed E-state index contributed by atoms with van der Waals surface area (Å²) in [5.74, 6) is -2.09. The van der Waals surface area contributed by atoms with Crippen LogP contribution in [0.5, 0.6) is 0 Å². The van der Waals surface area contributed by atoms with E-state index in [0.29, 0.717) is 12.5 Å². The molecule has 2 fully saturated rings. The Balaban J connectivity index is 0.000000451. The van der Waals surface area contributed by atoms with E-state index in [2.05, 4.69) is 22.3 Å². The van der Waals surface area contributed by atoms with Crippen molar-refractivity contribution in [2.75, 3.05) is 46.0 Å². The van der Waals surface area contributed by atoms with Gasteiger partial charge in [-0.25, -0.2) is 4.79 Å². The average Bonchev–Trinajstić information content (AvgIpc) is 3.27. The predicted molar refractivity (Wildman–Crippen MR) is 111 cm³/mol. The molecule has 10 heteroatoms. The summed E-state index contributed by atoms with van der Waals surface area (Å²) < 4.78 is 43.3. The molecule has 0 saturated carbocycles. The number of aliphatic carboxylic acids is 1. The number of hydrogen-bond donors (Lipinski definition) is 2. The van der Waals surface area contributed by atoms with Crippen molar-refractivity contribution in [1.29, 1.82) is 0 Å². The van der Waals surface area contributed by atoms with Crippen molar-refractivity contribution in [2.45, 2.75) is 26.6 Å². The number of hydrogen-bond acceptors (Lipinski definition) is 5. The second-order valence-electron chi connectivity index (χ2n) is 8.52. The highest BCUT2D eigenvalue weighted by molar-refractivity contribution is 5.77. The Morgan fingerprint density at radius 3 is 2.56 bits per heavy atom. The van der Waals surface area contributed by atoms with Crippen LogP contribution in [0.3, 0.4) is 0 Å². The van der Waals surface area contributed by atoms with E-state index in [1.165, 1.54) is 5.56 Å². The van der Waals surface area contributed by atoms with Crippen molar-refractivity contribution in [3.63, 3.8) is 0 Å². The fraction of sp³-hybridized carbons (Fsp3) is 0.636. The number of fused-ring (bicyclic) bond motifs is 1. The Hall–Kier alpha value is -2.17. The Labute approximate surface area is 185 Å². The first-order valence-corrected chi connectivity index (χ1v) is 10.5. The van der Waals surface area contributed by atoms with Crippen molar-refractivity contribution < 1.29 is 37.3 Å². The van der Waals surface area contributed by atoms with Gasteiger partial charge in [-0.3, -0.25) is 9.69 Å². The van der Waals surface area contributed by atoms with Crippen molar-refractivity contribution >= 4 is 11.9 Å². The number of rotatable bonds is 8. The number of nitrogens with zero attached hydrogens (tertiary/aromatic N) is 1. The monoisotopic (exact) mass is 460 g/mol. The van der Waals surface area contributed by atoms with Gasteiger partial charge in [-0.2, -0.15) is 13.2 Å². The molecule has 0 radical (unpaired) electrons. The lowest BCUT2D eigenvalue weighted by Gasteiger charge is -2.28. The Kier molecular flexibility index (Phi) is 9.47. The largest absolute Gasteiger partial charge is 0.490 e. The van der Waals surface area contributed by atoms with Gasteiger partial charge in [-0.15, -0.1) is 0 Å². The number of halogens is 3. The van der Waals surface area contributed by atoms with Gasteiger partial charge in [0.15, 0.2) is 0 Å². The van der Waals surface area contributed by atoms with E-state index in [0.717, 1.165) is 46.0 Å². The second-order valence-corrected chi connectivity index (χ2v) is 8.52. The number of alkyl halides is 3. The van der Waals surface area contributed by atoms with E-state index in [-0.39, 0.29) is 17.2 Å². The number of amides is 1. The van der Waals surface area contributed by atoms with Gasteiger partial charge in [-0.05, 0) is 5.56 Å². The van der Waals surface area contributed by atoms with E-state index in [4.69, 9.17) is 19.4 Å². The van der Waals surface area contributed by atoms with E-state index in [1.54, 1.807) is 0 Å². The molecule has 180 valence electrons. The van der Waals surface area contributed by atoms with Crippen LogP contribution in [-0.2, 0) is 25.7 Å². The van der Waals surface area contributed by atoms with Crippen molar-refractivity contribution in [2.24, 2.45) is 17.3 Å². The number of carboxylic acid groups (broad SMARTS) is 1. The highest BCUT2D eigenvalue weighted by Gasteiger charge is 2.50. The molecule has 2 saturated heterocycles. The first kappa shape index (κ1) is 26.1. The molecular weight excluding hydrogens is 429 g/mol. The third-order valence-corrected chi connectivity index (χ3v) is 5.64. The quantitative estimate of drug-likeness (QED) is 0.580. The van der Waals surface area contributed by atoms with Gasteiger partial charge in [0.2, 0.25) is 5.91 Å². The van der Waals surface area contributed by atoms with Crippen LogP contribution in [0.2, 0.25) is 0 Å². The van der Waals surface area contributed by atoms with Gasteiger partial charge in [0.1, 0.15) is 0 Å². The Morgan fingerprint density at radius 1 is 1.31 bits per heavy atom. The Bertz CT molecular complexity index is 745. The smallest absolute Gasteiger partial charge is 0.475 e. The number of benzene rings is 1. The lowest BCUT2D eigenvalue weighted by Crippen LogP contribution is -2.44. The highest BCUT2D eigenvalue weighted by Crippen LogP contribution is 2.40. The molecule has 3 rings (SSSR count). The standard InChI is InChI=1S/C20H30N2O3.C2HF3O2/c1-16(2)19(23)21-13-20-14-22(10-18(20)12-25-15-20)8-9-24-11-17-6-4-3-5-7-17;3-2(4,5)1(6)7/h3-7,16,18H,8-15H2,1-2H3,(H,21,23);(H,6,7)/t18-,20+;/m1./s1. The molecular formula is C22H31F3N2O5. The maximum atomic E-state index is 11.9. The first-order chi connectivity index (χ1) is 15.0. The maximum absolute atomic E-state index is 11.9. The van der Waals surface area contributed by atoms with Crippen molar-refractivity contribution in [3.05, 3.63) is 35.9 Å². The lowest BCUT2D eigenvalue weighted by atomic mass is 9.81. The number of carbonyl (C=O) groups excluding carboxylic acids is 1. The molecule has 2 atom stereocenters. The van der Waals surface area contributed by atoms with Crippen molar-refractivity contribution in [3.8, 4) is 0 Å². The van der Waals surface area contributed by atoms with Gasteiger partial charge in [-0.1, -0.05) is 44.2 Å². The molecule has 2 heterocycles. The summed E-state index contributed by atoms with van der Waals surface area (Å²) in [7, 11) is 0. The number of carboxylic acids is 1. The highest BCUT2D eigenvalue weighted by atomic mass is 19.4. The van der Waals surface area contributed by atoms with Gasteiger partial charge >= 0.3 is 12.1 Å². The molecule has 0 aromatic heterocycles. The minimum Gasteiger partial charge on any atom is -0.475 e. The van der Waals surface area contributed by atoms with E-state index in [1.807, 2.05) is 32.0 Å². The molecule has 0 unspecified atom stereocenters. The molecule has 2 aliphatic rings. The van der Waals surface area contributed by atoms with Crippen LogP contribution in [0, 0.1) is 17.3 Å². The fourth-order valence-electron chi connectivity index (χ4n) is 3.79. The number of carbonyl (C=O) groups is 2. The zero-order chi connectivity index (χ0) is 23.8. The first-order valence-electron chi connectivity index (χ1n) is 10.5. The normalized spacial score (nSPS) is 22.9. The minimum absolute atomic E-state index is 0.0288. The summed E-state index contributed by atoms with van der Waals surface area (Å²) >= 11 is 0. The molecule has 0 aliphatic carbocycles. The van der Waals surface area contributed by atoms with Gasteiger partial charge in [0, 0.05) is 43.4 Å². The van der Waals surface area contributed by atoms with Crippen LogP contribution in [0.4, 0.5) is 13.2 Å². The maximum Gasteiger partial charge on any atom is 0.490 e. The van der Waals surface area contributed by atoms with Gasteiger partial charge in [0.05, 0.1) is 26.4 Å². The molecule has 1 aromatic carbocycles. The van der Waals surface area contributed by atoms with Crippen LogP contribution < -0.4 is 5.32 Å². The van der Waals surface area contributed by atoms with Crippen LogP contribution in [-0.4, -0.2) is 74.1 Å². The van der Waals surface area contributed by atoms with E-state index >= 15 is 0 Å². The summed E-state index contributed by atoms with van der Waals surface area (Å²) in [5.41, 5.74) is 1.28. The second kappa shape index (κ2) is 11.6. The summed E-state index contributed by atoms with van der Waals surface area (Å²) in [6, 6.07) is 10.3. The molecule has 2 aliphatic heterocycles. The Morgan fingerprint density at radius 2 is 1.97 bits per heavy atom. The summed E-state index contributed by atoms with van der Waals surface area (Å²) in [4.78, 5) is 23.3. The minimum atomic E-state index is -5.08. The fourth-order valence-corrected chi connectivity index (χ4v) is 3.79. The third-order valence-electron chi connectivity index (χ3n) is 5.64. The summed E-state index contributed by atoms with van der Waals surface area (Å²) in [5, 5.41) is 10.2. The lowest BCUT2D eigenvalue weighted by molar-refractivity contribution is -0.192. The zero-order valence-corrected chi connectivity index (χ0v) is 18.4. The van der Waals surface area contributed by atoms with E-state index < -0.39 is 12.1 Å². The molecule has 7 nitrogen and oxygen atoms in total. The molecule has 32 heavy (non-hydrogen) atoms. The predicted octanol–water partition coefficient (Wildman–Crippen LogP) is 2.56. The summed E-state index contributed by atoms with van der Waals surface area (Å²) in [6.45, 7) is 10.5. The van der Waals surface area contributed by atoms with Gasteiger partial charge < -0.3 is 19.9 Å². The SMILES string of the molecule is CC(C)C(=O)NC[C@]12COC[C@H]1CN(CCOCc1ccccc1)C2.O=C(O)C(F)(F)F. The number of ether oxygens (including phenoxy) is 2. The molecule has 1 amide bonds.